The van der Waals surface area contributed by atoms with Gasteiger partial charge in [-0.1, -0.05) is 6.07 Å². The third kappa shape index (κ3) is 2.63. The number of carboxylic acids is 2. The number of anilines is 1. The van der Waals surface area contributed by atoms with Crippen molar-refractivity contribution in [3.8, 4) is 0 Å². The molecular formula is C17H18N2O6S. The summed E-state index contributed by atoms with van der Waals surface area (Å²) in [6.45, 7) is 4.80. The highest BCUT2D eigenvalue weighted by molar-refractivity contribution is 8.01. The van der Waals surface area contributed by atoms with Crippen LogP contribution in [0.5, 0.6) is 0 Å². The van der Waals surface area contributed by atoms with Crippen molar-refractivity contribution in [2.45, 2.75) is 43.0 Å². The Morgan fingerprint density at radius 3 is 2.42 bits per heavy atom. The van der Waals surface area contributed by atoms with Crippen LogP contribution in [0.3, 0.4) is 0 Å². The number of benzene rings is 1. The van der Waals surface area contributed by atoms with Crippen LogP contribution in [0.25, 0.3) is 0 Å². The Hall–Kier alpha value is -2.55. The van der Waals surface area contributed by atoms with Gasteiger partial charge >= 0.3 is 11.9 Å². The smallest absolute Gasteiger partial charge is 0.335 e. The number of aliphatic carboxylic acids is 1. The first kappa shape index (κ1) is 18.2. The molecule has 2 N–H and O–H groups in total. The van der Waals surface area contributed by atoms with E-state index in [4.69, 9.17) is 5.11 Å². The summed E-state index contributed by atoms with van der Waals surface area (Å²) < 4.78 is -0.702. The lowest BCUT2D eigenvalue weighted by Crippen LogP contribution is -2.71. The van der Waals surface area contributed by atoms with Gasteiger partial charge < -0.3 is 15.1 Å². The van der Waals surface area contributed by atoms with Gasteiger partial charge in [-0.25, -0.2) is 9.59 Å². The lowest BCUT2D eigenvalue weighted by molar-refractivity contribution is -0.159. The van der Waals surface area contributed by atoms with Gasteiger partial charge in [-0.15, -0.1) is 11.8 Å². The van der Waals surface area contributed by atoms with Crippen LogP contribution in [-0.4, -0.2) is 61.1 Å². The minimum absolute atomic E-state index is 0.000181. The maximum Gasteiger partial charge on any atom is 0.335 e. The molecule has 0 bridgehead atoms. The predicted octanol–water partition coefficient (Wildman–Crippen LogP) is 1.25. The molecular weight excluding hydrogens is 360 g/mol. The van der Waals surface area contributed by atoms with Crippen molar-refractivity contribution in [2.75, 3.05) is 4.90 Å². The molecule has 2 heterocycles. The van der Waals surface area contributed by atoms with Crippen LogP contribution in [0.2, 0.25) is 0 Å². The highest BCUT2D eigenvalue weighted by Crippen LogP contribution is 2.52. The van der Waals surface area contributed by atoms with Crippen LogP contribution >= 0.6 is 11.8 Å². The van der Waals surface area contributed by atoms with Gasteiger partial charge in [-0.2, -0.15) is 0 Å². The number of hydrogen-bond donors (Lipinski definition) is 2. The van der Waals surface area contributed by atoms with Crippen LogP contribution in [0.4, 0.5) is 5.69 Å². The summed E-state index contributed by atoms with van der Waals surface area (Å²) in [5.41, 5.74) is 0.299. The molecule has 2 fully saturated rings. The molecule has 0 aromatic heterocycles. The standard InChI is InChI=1S/C17H18N2O6S/c1-8(20)18(10-6-4-5-9(7-10)15(22)23)11-13(21)19-12(16(24)25)17(2,3)26-14(11)19/h4-7,11-12,14H,1-3H3,(H,22,23)(H,24,25)/t11-,12?,14+/m1/s1. The van der Waals surface area contributed by atoms with Gasteiger partial charge in [-0.05, 0) is 32.0 Å². The molecule has 1 unspecified atom stereocenters. The number of hydrogen-bond acceptors (Lipinski definition) is 5. The van der Waals surface area contributed by atoms with Crippen LogP contribution in [0.1, 0.15) is 31.1 Å². The Balaban J connectivity index is 1.98. The minimum Gasteiger partial charge on any atom is -0.480 e. The Bertz CT molecular complexity index is 823. The molecule has 1 aromatic rings. The number of aromatic carboxylic acids is 1. The Labute approximate surface area is 153 Å². The number of thioether (sulfide) groups is 1. The first-order chi connectivity index (χ1) is 12.1. The van der Waals surface area contributed by atoms with Gasteiger partial charge in [0.15, 0.2) is 0 Å². The summed E-state index contributed by atoms with van der Waals surface area (Å²) in [5.74, 6) is -3.09. The summed E-state index contributed by atoms with van der Waals surface area (Å²) in [6.07, 6.45) is 0. The largest absolute Gasteiger partial charge is 0.480 e. The number of carbonyl (C=O) groups is 4. The number of fused-ring (bicyclic) bond motifs is 1. The monoisotopic (exact) mass is 378 g/mol. The summed E-state index contributed by atoms with van der Waals surface area (Å²) in [4.78, 5) is 50.3. The number of rotatable bonds is 4. The van der Waals surface area contributed by atoms with Crippen molar-refractivity contribution in [2.24, 2.45) is 0 Å². The molecule has 0 spiro atoms. The predicted molar refractivity (Wildman–Crippen MR) is 94.1 cm³/mol. The molecule has 0 aliphatic carbocycles. The van der Waals surface area contributed by atoms with Crippen molar-refractivity contribution >= 4 is 41.2 Å². The lowest BCUT2D eigenvalue weighted by Gasteiger charge is -2.48. The number of amides is 2. The highest BCUT2D eigenvalue weighted by Gasteiger charge is 2.65. The van der Waals surface area contributed by atoms with E-state index >= 15 is 0 Å². The summed E-state index contributed by atoms with van der Waals surface area (Å²) >= 11 is 1.33. The first-order valence-electron chi connectivity index (χ1n) is 7.92. The van der Waals surface area contributed by atoms with Gasteiger partial charge in [0.25, 0.3) is 5.91 Å². The van der Waals surface area contributed by atoms with E-state index in [0.29, 0.717) is 5.69 Å². The molecule has 26 heavy (non-hydrogen) atoms. The second kappa shape index (κ2) is 6.01. The van der Waals surface area contributed by atoms with Crippen molar-refractivity contribution in [3.63, 3.8) is 0 Å². The molecule has 2 aliphatic heterocycles. The van der Waals surface area contributed by atoms with Gasteiger partial charge in [0.2, 0.25) is 5.91 Å². The Morgan fingerprint density at radius 1 is 1.23 bits per heavy atom. The molecule has 2 saturated heterocycles. The molecule has 9 heteroatoms. The average molecular weight is 378 g/mol. The molecule has 2 amide bonds. The average Bonchev–Trinajstić information content (AvgIpc) is 2.80. The van der Waals surface area contributed by atoms with Gasteiger partial charge in [0.05, 0.1) is 5.56 Å². The van der Waals surface area contributed by atoms with Crippen LogP contribution < -0.4 is 4.90 Å². The van der Waals surface area contributed by atoms with Crippen molar-refractivity contribution in [1.82, 2.24) is 4.90 Å². The number of carboxylic acid groups (broad SMARTS) is 2. The van der Waals surface area contributed by atoms with Crippen LogP contribution in [-0.2, 0) is 14.4 Å². The van der Waals surface area contributed by atoms with E-state index in [-0.39, 0.29) is 5.56 Å². The van der Waals surface area contributed by atoms with E-state index < -0.39 is 46.0 Å². The molecule has 8 nitrogen and oxygen atoms in total. The summed E-state index contributed by atoms with van der Waals surface area (Å²) in [6, 6.07) is 3.96. The highest BCUT2D eigenvalue weighted by atomic mass is 32.2. The molecule has 2 aliphatic rings. The van der Waals surface area contributed by atoms with Crippen LogP contribution in [0.15, 0.2) is 24.3 Å². The molecule has 3 atom stereocenters. The van der Waals surface area contributed by atoms with Crippen LogP contribution in [0, 0.1) is 0 Å². The fourth-order valence-corrected chi connectivity index (χ4v) is 5.23. The van der Waals surface area contributed by atoms with E-state index in [0.717, 1.165) is 0 Å². The number of β-lactam (4-membered cyclic amide) rings is 1. The second-order valence-corrected chi connectivity index (χ2v) is 8.56. The van der Waals surface area contributed by atoms with Gasteiger partial charge in [0.1, 0.15) is 17.5 Å². The number of nitrogens with zero attached hydrogens (tertiary/aromatic N) is 2. The molecule has 0 saturated carbocycles. The minimum atomic E-state index is -1.14. The fourth-order valence-electron chi connectivity index (χ4n) is 3.56. The maximum absolute atomic E-state index is 12.7. The molecule has 3 rings (SSSR count). The van der Waals surface area contributed by atoms with Crippen molar-refractivity contribution in [1.29, 1.82) is 0 Å². The third-order valence-corrected chi connectivity index (χ3v) is 6.19. The topological polar surface area (TPSA) is 115 Å². The van der Waals surface area contributed by atoms with Gasteiger partial charge in [0, 0.05) is 17.4 Å². The third-order valence-electron chi connectivity index (χ3n) is 4.64. The van der Waals surface area contributed by atoms with Gasteiger partial charge in [-0.3, -0.25) is 14.5 Å². The van der Waals surface area contributed by atoms with E-state index in [2.05, 4.69) is 0 Å². The quantitative estimate of drug-likeness (QED) is 0.758. The van der Waals surface area contributed by atoms with E-state index in [1.807, 2.05) is 0 Å². The zero-order valence-corrected chi connectivity index (χ0v) is 15.2. The zero-order valence-electron chi connectivity index (χ0n) is 14.4. The molecule has 0 radical (unpaired) electrons. The van der Waals surface area contributed by atoms with Crippen molar-refractivity contribution in [3.05, 3.63) is 29.8 Å². The zero-order chi connectivity index (χ0) is 19.4. The van der Waals surface area contributed by atoms with E-state index in [1.165, 1.54) is 46.7 Å². The van der Waals surface area contributed by atoms with E-state index in [9.17, 15) is 24.3 Å². The van der Waals surface area contributed by atoms with E-state index in [1.54, 1.807) is 19.9 Å². The fraction of sp³-hybridized carbons (Fsp3) is 0.412. The number of carbonyl (C=O) groups excluding carboxylic acids is 2. The summed E-state index contributed by atoms with van der Waals surface area (Å²) in [7, 11) is 0. The normalized spacial score (nSPS) is 26.0. The first-order valence-corrected chi connectivity index (χ1v) is 8.80. The lowest BCUT2D eigenvalue weighted by atomic mass is 9.95. The second-order valence-electron chi connectivity index (χ2n) is 6.79. The SMILES string of the molecule is CC(=O)N(c1cccc(C(=O)O)c1)[C@@H]1C(=O)N2C(C(=O)O)C(C)(C)S[C@@H]12. The molecule has 1 aromatic carbocycles. The van der Waals surface area contributed by atoms with Crippen molar-refractivity contribution < 1.29 is 29.4 Å². The molecule has 138 valence electrons. The Morgan fingerprint density at radius 2 is 1.88 bits per heavy atom. The summed E-state index contributed by atoms with van der Waals surface area (Å²) in [5, 5.41) is 18.2. The maximum atomic E-state index is 12.7. The Kier molecular flexibility index (Phi) is 4.22.